The van der Waals surface area contributed by atoms with E-state index in [0.717, 1.165) is 5.56 Å². The van der Waals surface area contributed by atoms with E-state index in [2.05, 4.69) is 10.1 Å². The van der Waals surface area contributed by atoms with Crippen LogP contribution in [0.5, 0.6) is 0 Å². The minimum atomic E-state index is -3.08. The SMILES string of the molecule is O=S(c1nc2n(n1)[C@H](c1ccccc1)C[C@@H]2F)C(F)F. The molecule has 8 heteroatoms. The van der Waals surface area contributed by atoms with Gasteiger partial charge in [-0.15, -0.1) is 5.10 Å². The second kappa shape index (κ2) is 5.01. The number of hydrogen-bond donors (Lipinski definition) is 0. The van der Waals surface area contributed by atoms with Gasteiger partial charge < -0.3 is 0 Å². The summed E-state index contributed by atoms with van der Waals surface area (Å²) in [7, 11) is -2.62. The van der Waals surface area contributed by atoms with Gasteiger partial charge in [-0.1, -0.05) is 30.3 Å². The molecule has 20 heavy (non-hydrogen) atoms. The second-order valence-electron chi connectivity index (χ2n) is 4.38. The Balaban J connectivity index is 2.00. The van der Waals surface area contributed by atoms with Gasteiger partial charge in [-0.05, 0) is 5.56 Å². The molecule has 0 radical (unpaired) electrons. The van der Waals surface area contributed by atoms with Crippen molar-refractivity contribution < 1.29 is 17.4 Å². The van der Waals surface area contributed by atoms with Crippen molar-refractivity contribution in [1.29, 1.82) is 0 Å². The van der Waals surface area contributed by atoms with Crippen LogP contribution in [0.2, 0.25) is 0 Å². The number of rotatable bonds is 3. The van der Waals surface area contributed by atoms with Gasteiger partial charge in [0.2, 0.25) is 5.16 Å². The first-order valence-electron chi connectivity index (χ1n) is 5.92. The Labute approximate surface area is 115 Å². The van der Waals surface area contributed by atoms with Gasteiger partial charge in [0, 0.05) is 6.42 Å². The van der Waals surface area contributed by atoms with Gasteiger partial charge in [-0.2, -0.15) is 8.78 Å². The number of fused-ring (bicyclic) bond motifs is 1. The van der Waals surface area contributed by atoms with E-state index < -0.39 is 33.9 Å². The molecule has 1 aliphatic rings. The molecule has 0 saturated carbocycles. The molecule has 1 aromatic heterocycles. The molecule has 0 amide bonds. The monoisotopic (exact) mass is 301 g/mol. The van der Waals surface area contributed by atoms with Gasteiger partial charge in [0.05, 0.1) is 6.04 Å². The topological polar surface area (TPSA) is 47.8 Å². The quantitative estimate of drug-likeness (QED) is 0.875. The van der Waals surface area contributed by atoms with E-state index in [9.17, 15) is 17.4 Å². The van der Waals surface area contributed by atoms with Gasteiger partial charge in [0.15, 0.2) is 22.8 Å². The lowest BCUT2D eigenvalue weighted by Crippen LogP contribution is -2.10. The van der Waals surface area contributed by atoms with E-state index in [-0.39, 0.29) is 12.2 Å². The number of hydrogen-bond acceptors (Lipinski definition) is 3. The Morgan fingerprint density at radius 2 is 2.00 bits per heavy atom. The third kappa shape index (κ3) is 2.13. The van der Waals surface area contributed by atoms with Crippen molar-refractivity contribution in [3.8, 4) is 0 Å². The Bertz CT molecular complexity index is 647. The van der Waals surface area contributed by atoms with E-state index in [1.165, 1.54) is 4.68 Å². The maximum atomic E-state index is 13.9. The zero-order valence-electron chi connectivity index (χ0n) is 10.1. The molecule has 1 unspecified atom stereocenters. The van der Waals surface area contributed by atoms with E-state index in [0.29, 0.717) is 0 Å². The average Bonchev–Trinajstić information content (AvgIpc) is 3.00. The summed E-state index contributed by atoms with van der Waals surface area (Å²) in [6.07, 6.45) is -1.24. The zero-order valence-corrected chi connectivity index (χ0v) is 10.9. The number of halogens is 3. The van der Waals surface area contributed by atoms with Crippen LogP contribution >= 0.6 is 0 Å². The predicted molar refractivity (Wildman–Crippen MR) is 65.5 cm³/mol. The molecule has 106 valence electrons. The highest BCUT2D eigenvalue weighted by Gasteiger charge is 2.37. The van der Waals surface area contributed by atoms with Crippen LogP contribution in [0.25, 0.3) is 0 Å². The van der Waals surface area contributed by atoms with Crippen LogP contribution in [-0.2, 0) is 10.8 Å². The highest BCUT2D eigenvalue weighted by Crippen LogP contribution is 2.39. The van der Waals surface area contributed by atoms with E-state index in [1.807, 2.05) is 6.07 Å². The summed E-state index contributed by atoms with van der Waals surface area (Å²) in [5, 5.41) is 3.29. The van der Waals surface area contributed by atoms with Crippen molar-refractivity contribution in [2.75, 3.05) is 0 Å². The minimum Gasteiger partial charge on any atom is -0.245 e. The Hall–Kier alpha value is -1.70. The van der Waals surface area contributed by atoms with Gasteiger partial charge in [0.25, 0.3) is 0 Å². The molecular weight excluding hydrogens is 291 g/mol. The molecule has 1 aliphatic heterocycles. The maximum Gasteiger partial charge on any atom is 0.319 e. The van der Waals surface area contributed by atoms with Crippen molar-refractivity contribution in [3.05, 3.63) is 41.7 Å². The van der Waals surface area contributed by atoms with Gasteiger partial charge >= 0.3 is 5.76 Å². The summed E-state index contributed by atoms with van der Waals surface area (Å²) in [6.45, 7) is 0. The minimum absolute atomic E-state index is 0.0390. The molecule has 2 heterocycles. The average molecular weight is 301 g/mol. The summed E-state index contributed by atoms with van der Waals surface area (Å²) in [5.74, 6) is -3.12. The van der Waals surface area contributed by atoms with Crippen LogP contribution in [-0.4, -0.2) is 24.7 Å². The number of nitrogens with zero attached hydrogens (tertiary/aromatic N) is 3. The van der Waals surface area contributed by atoms with E-state index in [4.69, 9.17) is 0 Å². The molecule has 0 bridgehead atoms. The number of alkyl halides is 3. The maximum absolute atomic E-state index is 13.9. The molecule has 4 nitrogen and oxygen atoms in total. The first-order chi connectivity index (χ1) is 9.58. The van der Waals surface area contributed by atoms with E-state index >= 15 is 0 Å². The van der Waals surface area contributed by atoms with Crippen molar-refractivity contribution in [2.24, 2.45) is 0 Å². The third-order valence-corrected chi connectivity index (χ3v) is 4.03. The summed E-state index contributed by atoms with van der Waals surface area (Å²) >= 11 is 0. The fraction of sp³-hybridized carbons (Fsp3) is 0.333. The molecule has 1 aromatic carbocycles. The Kier molecular flexibility index (Phi) is 3.33. The molecular formula is C12H10F3N3OS. The van der Waals surface area contributed by atoms with Crippen LogP contribution in [0.15, 0.2) is 35.5 Å². The third-order valence-electron chi connectivity index (χ3n) is 3.17. The van der Waals surface area contributed by atoms with Crippen LogP contribution in [0.3, 0.4) is 0 Å². The number of benzene rings is 1. The lowest BCUT2D eigenvalue weighted by atomic mass is 10.0. The molecule has 0 aliphatic carbocycles. The van der Waals surface area contributed by atoms with Crippen LogP contribution in [0.1, 0.15) is 30.0 Å². The summed E-state index contributed by atoms with van der Waals surface area (Å²) < 4.78 is 51.3. The van der Waals surface area contributed by atoms with Crippen molar-refractivity contribution >= 4 is 10.8 Å². The smallest absolute Gasteiger partial charge is 0.245 e. The van der Waals surface area contributed by atoms with E-state index in [1.54, 1.807) is 24.3 Å². The molecule has 3 rings (SSSR count). The Morgan fingerprint density at radius 1 is 1.30 bits per heavy atom. The second-order valence-corrected chi connectivity index (χ2v) is 5.70. The van der Waals surface area contributed by atoms with Gasteiger partial charge in [0.1, 0.15) is 0 Å². The fourth-order valence-corrected chi connectivity index (χ4v) is 2.79. The van der Waals surface area contributed by atoms with Gasteiger partial charge in [-0.25, -0.2) is 18.3 Å². The summed E-state index contributed by atoms with van der Waals surface area (Å²) in [6, 6.07) is 8.63. The summed E-state index contributed by atoms with van der Waals surface area (Å²) in [5.41, 5.74) is 0.813. The van der Waals surface area contributed by atoms with Crippen LogP contribution in [0, 0.1) is 0 Å². The largest absolute Gasteiger partial charge is 0.319 e. The van der Waals surface area contributed by atoms with Crippen molar-refractivity contribution in [3.63, 3.8) is 0 Å². The Morgan fingerprint density at radius 3 is 2.65 bits per heavy atom. The normalized spacial score (nSPS) is 23.0. The van der Waals surface area contributed by atoms with Crippen LogP contribution < -0.4 is 0 Å². The van der Waals surface area contributed by atoms with Gasteiger partial charge in [-0.3, -0.25) is 0 Å². The van der Waals surface area contributed by atoms with Crippen LogP contribution in [0.4, 0.5) is 13.2 Å². The lowest BCUT2D eigenvalue weighted by molar-refractivity contribution is 0.243. The summed E-state index contributed by atoms with van der Waals surface area (Å²) in [4.78, 5) is 3.67. The molecule has 2 aromatic rings. The zero-order chi connectivity index (χ0) is 14.3. The molecule has 0 fully saturated rings. The fourth-order valence-electron chi connectivity index (χ4n) is 2.28. The molecule has 0 spiro atoms. The highest BCUT2D eigenvalue weighted by molar-refractivity contribution is 7.85. The molecule has 0 saturated heterocycles. The van der Waals surface area contributed by atoms with Crippen molar-refractivity contribution in [2.45, 2.75) is 29.5 Å². The predicted octanol–water partition coefficient (Wildman–Crippen LogP) is 2.61. The lowest BCUT2D eigenvalue weighted by Gasteiger charge is -2.11. The first kappa shape index (κ1) is 13.3. The highest BCUT2D eigenvalue weighted by atomic mass is 32.2. The standard InChI is InChI=1S/C12H10F3N3OS/c13-8-6-9(7-4-2-1-3-5-7)18-10(8)16-12(17-18)20(19)11(14)15/h1-5,8-9,11H,6H2/t8-,9-,20?/m0/s1. The molecule has 3 atom stereocenters. The van der Waals surface area contributed by atoms with Crippen molar-refractivity contribution in [1.82, 2.24) is 14.8 Å². The first-order valence-corrected chi connectivity index (χ1v) is 7.13. The molecule has 0 N–H and O–H groups in total. The number of aromatic nitrogens is 3.